The predicted octanol–water partition coefficient (Wildman–Crippen LogP) is 5.18. The van der Waals surface area contributed by atoms with Crippen molar-refractivity contribution < 1.29 is 14.7 Å². The van der Waals surface area contributed by atoms with Crippen LogP contribution >= 0.6 is 11.6 Å². The molecule has 5 heteroatoms. The molecule has 0 aliphatic carbocycles. The third kappa shape index (κ3) is 3.69. The minimum atomic E-state index is -0.644. The Balaban J connectivity index is 2.20. The van der Waals surface area contributed by atoms with Crippen molar-refractivity contribution in [3.63, 3.8) is 0 Å². The van der Waals surface area contributed by atoms with E-state index in [4.69, 9.17) is 11.6 Å². The van der Waals surface area contributed by atoms with Gasteiger partial charge in [0, 0.05) is 17.1 Å². The Labute approximate surface area is 170 Å². The lowest BCUT2D eigenvalue weighted by molar-refractivity contribution is -0.139. The second-order valence-electron chi connectivity index (χ2n) is 7.22. The van der Waals surface area contributed by atoms with E-state index < -0.39 is 17.7 Å². The Morgan fingerprint density at radius 1 is 1.11 bits per heavy atom. The van der Waals surface area contributed by atoms with Crippen LogP contribution in [0.25, 0.3) is 5.76 Å². The van der Waals surface area contributed by atoms with Crippen molar-refractivity contribution in [2.24, 2.45) is 0 Å². The van der Waals surface area contributed by atoms with Crippen LogP contribution in [-0.2, 0) is 9.59 Å². The van der Waals surface area contributed by atoms with Crippen LogP contribution in [0, 0.1) is 13.8 Å². The molecular formula is C23H24ClNO3. The van der Waals surface area contributed by atoms with Gasteiger partial charge < -0.3 is 10.0 Å². The summed E-state index contributed by atoms with van der Waals surface area (Å²) in [5.41, 5.74) is 3.28. The van der Waals surface area contributed by atoms with Crippen LogP contribution in [0.1, 0.15) is 48.1 Å². The number of hydrogen-bond acceptors (Lipinski definition) is 3. The van der Waals surface area contributed by atoms with Gasteiger partial charge in [-0.05, 0) is 49.6 Å². The number of aryl methyl sites for hydroxylation is 2. The van der Waals surface area contributed by atoms with E-state index in [1.807, 2.05) is 39.0 Å². The predicted molar refractivity (Wildman–Crippen MR) is 111 cm³/mol. The maximum absolute atomic E-state index is 12.9. The molecule has 146 valence electrons. The van der Waals surface area contributed by atoms with Crippen molar-refractivity contribution in [1.29, 1.82) is 0 Å². The molecule has 1 fully saturated rings. The summed E-state index contributed by atoms with van der Waals surface area (Å²) in [6.07, 6.45) is 1.67. The van der Waals surface area contributed by atoms with Crippen molar-refractivity contribution in [2.75, 3.05) is 6.54 Å². The maximum Gasteiger partial charge on any atom is 0.295 e. The normalized spacial score (nSPS) is 18.7. The van der Waals surface area contributed by atoms with Crippen LogP contribution in [0.4, 0.5) is 0 Å². The number of ketones is 1. The van der Waals surface area contributed by atoms with E-state index in [1.54, 1.807) is 29.2 Å². The highest BCUT2D eigenvalue weighted by Gasteiger charge is 2.45. The van der Waals surface area contributed by atoms with Gasteiger partial charge in [0.05, 0.1) is 11.6 Å². The summed E-state index contributed by atoms with van der Waals surface area (Å²) in [6, 6.07) is 12.1. The highest BCUT2D eigenvalue weighted by atomic mass is 35.5. The standard InChI is InChI=1S/C23H24ClNO3/c1-4-5-12-25-20(16-8-10-17(24)11-9-16)19(22(27)23(25)28)21(26)18-13-14(2)6-7-15(18)3/h6-11,13,20,26H,4-5,12H2,1-3H3/b21-19+. The van der Waals surface area contributed by atoms with Gasteiger partial charge in [0.25, 0.3) is 11.7 Å². The van der Waals surface area contributed by atoms with Gasteiger partial charge in [-0.2, -0.15) is 0 Å². The van der Waals surface area contributed by atoms with Crippen LogP contribution in [0.2, 0.25) is 5.02 Å². The smallest absolute Gasteiger partial charge is 0.295 e. The topological polar surface area (TPSA) is 57.6 Å². The zero-order chi connectivity index (χ0) is 20.4. The number of amides is 1. The SMILES string of the molecule is CCCCN1C(=O)C(=O)/C(=C(/O)c2cc(C)ccc2C)C1c1ccc(Cl)cc1. The van der Waals surface area contributed by atoms with Crippen molar-refractivity contribution in [1.82, 2.24) is 4.90 Å². The number of halogens is 1. The Hall–Kier alpha value is -2.59. The molecule has 1 heterocycles. The molecule has 0 spiro atoms. The molecule has 4 nitrogen and oxygen atoms in total. The zero-order valence-electron chi connectivity index (χ0n) is 16.3. The van der Waals surface area contributed by atoms with E-state index in [1.165, 1.54) is 0 Å². The first kappa shape index (κ1) is 20.2. The molecule has 1 aliphatic rings. The first-order valence-corrected chi connectivity index (χ1v) is 9.84. The molecule has 1 atom stereocenters. The summed E-state index contributed by atoms with van der Waals surface area (Å²) >= 11 is 6.02. The number of Topliss-reactive ketones (excluding diaryl/α,β-unsaturated/α-hetero) is 1. The van der Waals surface area contributed by atoms with E-state index >= 15 is 0 Å². The molecule has 0 radical (unpaired) electrons. The molecule has 1 amide bonds. The quantitative estimate of drug-likeness (QED) is 0.429. The number of benzene rings is 2. The molecular weight excluding hydrogens is 374 g/mol. The van der Waals surface area contributed by atoms with Crippen molar-refractivity contribution in [3.05, 3.63) is 75.3 Å². The van der Waals surface area contributed by atoms with Crippen LogP contribution < -0.4 is 0 Å². The van der Waals surface area contributed by atoms with E-state index in [0.29, 0.717) is 17.1 Å². The number of carbonyl (C=O) groups is 2. The number of aliphatic hydroxyl groups excluding tert-OH is 1. The van der Waals surface area contributed by atoms with Gasteiger partial charge in [-0.15, -0.1) is 0 Å². The molecule has 1 saturated heterocycles. The fraction of sp³-hybridized carbons (Fsp3) is 0.304. The summed E-state index contributed by atoms with van der Waals surface area (Å²) in [5.74, 6) is -1.34. The second kappa shape index (κ2) is 8.19. The molecule has 2 aromatic rings. The average molecular weight is 398 g/mol. The van der Waals surface area contributed by atoms with E-state index in [9.17, 15) is 14.7 Å². The van der Waals surface area contributed by atoms with Gasteiger partial charge in [-0.25, -0.2) is 0 Å². The fourth-order valence-corrected chi connectivity index (χ4v) is 3.69. The van der Waals surface area contributed by atoms with E-state index in [0.717, 1.165) is 29.5 Å². The molecule has 1 aliphatic heterocycles. The number of rotatable bonds is 5. The zero-order valence-corrected chi connectivity index (χ0v) is 17.1. The number of nitrogens with zero attached hydrogens (tertiary/aromatic N) is 1. The van der Waals surface area contributed by atoms with Crippen molar-refractivity contribution >= 4 is 29.1 Å². The van der Waals surface area contributed by atoms with Gasteiger partial charge in [0.15, 0.2) is 0 Å². The molecule has 2 aromatic carbocycles. The third-order valence-electron chi connectivity index (χ3n) is 5.13. The first-order valence-electron chi connectivity index (χ1n) is 9.46. The highest BCUT2D eigenvalue weighted by molar-refractivity contribution is 6.46. The number of hydrogen-bond donors (Lipinski definition) is 1. The van der Waals surface area contributed by atoms with E-state index in [-0.39, 0.29) is 11.3 Å². The molecule has 1 unspecified atom stereocenters. The lowest BCUT2D eigenvalue weighted by Gasteiger charge is -2.25. The summed E-state index contributed by atoms with van der Waals surface area (Å²) in [4.78, 5) is 27.2. The van der Waals surface area contributed by atoms with Crippen LogP contribution in [0.5, 0.6) is 0 Å². The van der Waals surface area contributed by atoms with Crippen molar-refractivity contribution in [2.45, 2.75) is 39.7 Å². The Kier molecular flexibility index (Phi) is 5.90. The Bertz CT molecular complexity index is 947. The lowest BCUT2D eigenvalue weighted by atomic mass is 9.93. The van der Waals surface area contributed by atoms with Crippen molar-refractivity contribution in [3.8, 4) is 0 Å². The molecule has 28 heavy (non-hydrogen) atoms. The Morgan fingerprint density at radius 3 is 2.43 bits per heavy atom. The second-order valence-corrected chi connectivity index (χ2v) is 7.65. The summed E-state index contributed by atoms with van der Waals surface area (Å²) in [7, 11) is 0. The Morgan fingerprint density at radius 2 is 1.79 bits per heavy atom. The third-order valence-corrected chi connectivity index (χ3v) is 5.38. The maximum atomic E-state index is 12.9. The van der Waals surface area contributed by atoms with Crippen LogP contribution in [-0.4, -0.2) is 28.2 Å². The minimum absolute atomic E-state index is 0.126. The summed E-state index contributed by atoms with van der Waals surface area (Å²) < 4.78 is 0. The van der Waals surface area contributed by atoms with Crippen LogP contribution in [0.3, 0.4) is 0 Å². The van der Waals surface area contributed by atoms with Gasteiger partial charge in [-0.3, -0.25) is 9.59 Å². The molecule has 0 bridgehead atoms. The van der Waals surface area contributed by atoms with E-state index in [2.05, 4.69) is 0 Å². The first-order chi connectivity index (χ1) is 13.3. The summed E-state index contributed by atoms with van der Waals surface area (Å²) in [6.45, 7) is 6.29. The fourth-order valence-electron chi connectivity index (χ4n) is 3.57. The van der Waals surface area contributed by atoms with Gasteiger partial charge in [0.1, 0.15) is 5.76 Å². The molecule has 0 aromatic heterocycles. The molecule has 0 saturated carbocycles. The van der Waals surface area contributed by atoms with Crippen LogP contribution in [0.15, 0.2) is 48.0 Å². The molecule has 1 N–H and O–H groups in total. The monoisotopic (exact) mass is 397 g/mol. The minimum Gasteiger partial charge on any atom is -0.507 e. The summed E-state index contributed by atoms with van der Waals surface area (Å²) in [5, 5.41) is 11.7. The molecule has 3 rings (SSSR count). The lowest BCUT2D eigenvalue weighted by Crippen LogP contribution is -2.30. The van der Waals surface area contributed by atoms with Gasteiger partial charge in [-0.1, -0.05) is 54.8 Å². The number of aliphatic hydroxyl groups is 1. The number of carbonyl (C=O) groups excluding carboxylic acids is 2. The average Bonchev–Trinajstić information content (AvgIpc) is 2.93. The largest absolute Gasteiger partial charge is 0.507 e. The number of unbranched alkanes of at least 4 members (excludes halogenated alkanes) is 1. The number of likely N-dealkylation sites (tertiary alicyclic amines) is 1. The highest BCUT2D eigenvalue weighted by Crippen LogP contribution is 2.40. The van der Waals surface area contributed by atoms with Gasteiger partial charge >= 0.3 is 0 Å². The van der Waals surface area contributed by atoms with Gasteiger partial charge in [0.2, 0.25) is 0 Å².